The van der Waals surface area contributed by atoms with Gasteiger partial charge >= 0.3 is 0 Å². The van der Waals surface area contributed by atoms with E-state index in [2.05, 4.69) is 5.32 Å². The van der Waals surface area contributed by atoms with Gasteiger partial charge in [-0.15, -0.1) is 0 Å². The van der Waals surface area contributed by atoms with Crippen LogP contribution in [0.15, 0.2) is 18.2 Å². The summed E-state index contributed by atoms with van der Waals surface area (Å²) in [6.45, 7) is 2.01. The third kappa shape index (κ3) is 4.61. The van der Waals surface area contributed by atoms with Crippen molar-refractivity contribution in [2.45, 2.75) is 25.7 Å². The van der Waals surface area contributed by atoms with E-state index in [4.69, 9.17) is 23.2 Å². The highest BCUT2D eigenvalue weighted by Crippen LogP contribution is 2.24. The highest BCUT2D eigenvalue weighted by atomic mass is 35.5. The van der Waals surface area contributed by atoms with Crippen molar-refractivity contribution in [1.82, 2.24) is 10.2 Å². The van der Waals surface area contributed by atoms with Gasteiger partial charge in [-0.2, -0.15) is 0 Å². The first kappa shape index (κ1) is 16.1. The number of hydrogen-bond donors (Lipinski definition) is 1. The van der Waals surface area contributed by atoms with Crippen LogP contribution in [0.2, 0.25) is 10.0 Å². The molecule has 0 aromatic heterocycles. The number of benzene rings is 1. The summed E-state index contributed by atoms with van der Waals surface area (Å²) in [5, 5.41) is 3.69. The van der Waals surface area contributed by atoms with Crippen molar-refractivity contribution in [3.8, 4) is 0 Å². The van der Waals surface area contributed by atoms with Crippen molar-refractivity contribution in [2.75, 3.05) is 19.6 Å². The van der Waals surface area contributed by atoms with Gasteiger partial charge in [0.2, 0.25) is 11.8 Å². The molecule has 1 aliphatic heterocycles. The van der Waals surface area contributed by atoms with Gasteiger partial charge < -0.3 is 10.2 Å². The van der Waals surface area contributed by atoms with Crippen LogP contribution in [0.3, 0.4) is 0 Å². The Kier molecular flexibility index (Phi) is 5.88. The van der Waals surface area contributed by atoms with Crippen LogP contribution < -0.4 is 5.32 Å². The molecule has 0 aliphatic carbocycles. The van der Waals surface area contributed by atoms with Crippen molar-refractivity contribution in [2.24, 2.45) is 0 Å². The van der Waals surface area contributed by atoms with Crippen molar-refractivity contribution in [3.05, 3.63) is 33.8 Å². The first-order valence-corrected chi connectivity index (χ1v) is 7.81. The second kappa shape index (κ2) is 7.66. The molecule has 1 aliphatic rings. The molecule has 1 saturated heterocycles. The van der Waals surface area contributed by atoms with E-state index >= 15 is 0 Å². The molecule has 0 bridgehead atoms. The van der Waals surface area contributed by atoms with E-state index in [-0.39, 0.29) is 18.2 Å². The molecule has 0 radical (unpaired) electrons. The van der Waals surface area contributed by atoms with E-state index in [1.807, 2.05) is 4.90 Å². The summed E-state index contributed by atoms with van der Waals surface area (Å²) in [5.74, 6) is -0.0807. The Morgan fingerprint density at radius 1 is 1.14 bits per heavy atom. The zero-order chi connectivity index (χ0) is 15.2. The molecule has 1 N–H and O–H groups in total. The molecule has 4 nitrogen and oxygen atoms in total. The minimum Gasteiger partial charge on any atom is -0.355 e. The first-order valence-electron chi connectivity index (χ1n) is 7.05. The molecule has 2 amide bonds. The zero-order valence-corrected chi connectivity index (χ0v) is 13.2. The van der Waals surface area contributed by atoms with E-state index in [1.165, 1.54) is 0 Å². The summed E-state index contributed by atoms with van der Waals surface area (Å²) in [6.07, 6.45) is 2.60. The van der Waals surface area contributed by atoms with E-state index in [0.717, 1.165) is 25.9 Å². The van der Waals surface area contributed by atoms with Crippen LogP contribution in [-0.4, -0.2) is 36.3 Å². The number of amides is 2. The predicted octanol–water partition coefficient (Wildman–Crippen LogP) is 2.66. The van der Waals surface area contributed by atoms with Gasteiger partial charge in [0, 0.05) is 36.1 Å². The maximum absolute atomic E-state index is 11.9. The van der Waals surface area contributed by atoms with E-state index < -0.39 is 0 Å². The van der Waals surface area contributed by atoms with Crippen LogP contribution in [0.1, 0.15) is 24.8 Å². The molecule has 6 heteroatoms. The van der Waals surface area contributed by atoms with Gasteiger partial charge in [-0.1, -0.05) is 29.3 Å². The third-order valence-corrected chi connectivity index (χ3v) is 4.23. The topological polar surface area (TPSA) is 49.4 Å². The summed E-state index contributed by atoms with van der Waals surface area (Å²) in [6, 6.07) is 5.14. The standard InChI is InChI=1S/C15H18Cl2N2O2/c16-12-4-3-5-13(17)11(12)10-14(20)18-7-6-15(21)19-8-1-2-9-19/h3-5H,1-2,6-10H2,(H,18,20). The number of halogens is 2. The molecule has 0 atom stereocenters. The molecule has 1 aromatic rings. The Labute approximate surface area is 134 Å². The Hall–Kier alpha value is -1.26. The SMILES string of the molecule is O=C(Cc1c(Cl)cccc1Cl)NCCC(=O)N1CCCC1. The molecule has 114 valence electrons. The summed E-state index contributed by atoms with van der Waals surface area (Å²) in [5.41, 5.74) is 0.615. The average molecular weight is 329 g/mol. The Balaban J connectivity index is 1.76. The monoisotopic (exact) mass is 328 g/mol. The largest absolute Gasteiger partial charge is 0.355 e. The van der Waals surface area contributed by atoms with Crippen LogP contribution in [-0.2, 0) is 16.0 Å². The van der Waals surface area contributed by atoms with Crippen LogP contribution in [0, 0.1) is 0 Å². The van der Waals surface area contributed by atoms with Crippen LogP contribution in [0.5, 0.6) is 0 Å². The molecule has 1 fully saturated rings. The van der Waals surface area contributed by atoms with Gasteiger partial charge in [0.1, 0.15) is 0 Å². The summed E-state index contributed by atoms with van der Waals surface area (Å²) >= 11 is 12.0. The Morgan fingerprint density at radius 3 is 2.38 bits per heavy atom. The Morgan fingerprint density at radius 2 is 1.76 bits per heavy atom. The van der Waals surface area contributed by atoms with Crippen molar-refractivity contribution in [1.29, 1.82) is 0 Å². The number of carbonyl (C=O) groups excluding carboxylic acids is 2. The van der Waals surface area contributed by atoms with Crippen molar-refractivity contribution >= 4 is 35.0 Å². The number of hydrogen-bond acceptors (Lipinski definition) is 2. The summed E-state index contributed by atoms with van der Waals surface area (Å²) in [4.78, 5) is 25.5. The van der Waals surface area contributed by atoms with Crippen LogP contribution >= 0.6 is 23.2 Å². The lowest BCUT2D eigenvalue weighted by molar-refractivity contribution is -0.130. The minimum absolute atomic E-state index is 0.101. The maximum atomic E-state index is 11.9. The average Bonchev–Trinajstić information content (AvgIpc) is 2.97. The van der Waals surface area contributed by atoms with E-state index in [9.17, 15) is 9.59 Å². The molecule has 1 heterocycles. The van der Waals surface area contributed by atoms with Crippen LogP contribution in [0.4, 0.5) is 0 Å². The molecule has 0 unspecified atom stereocenters. The quantitative estimate of drug-likeness (QED) is 0.903. The first-order chi connectivity index (χ1) is 10.1. The maximum Gasteiger partial charge on any atom is 0.224 e. The number of likely N-dealkylation sites (tertiary alicyclic amines) is 1. The fourth-order valence-electron chi connectivity index (χ4n) is 2.36. The molecule has 0 spiro atoms. The molecule has 0 saturated carbocycles. The molecular formula is C15H18Cl2N2O2. The lowest BCUT2D eigenvalue weighted by atomic mass is 10.1. The highest BCUT2D eigenvalue weighted by Gasteiger charge is 2.17. The van der Waals surface area contributed by atoms with Gasteiger partial charge in [0.15, 0.2) is 0 Å². The number of rotatable bonds is 5. The van der Waals surface area contributed by atoms with E-state index in [1.54, 1.807) is 18.2 Å². The van der Waals surface area contributed by atoms with Gasteiger partial charge in [-0.05, 0) is 30.5 Å². The number of nitrogens with one attached hydrogen (secondary N) is 1. The highest BCUT2D eigenvalue weighted by molar-refractivity contribution is 6.36. The molecule has 2 rings (SSSR count). The summed E-state index contributed by atoms with van der Waals surface area (Å²) in [7, 11) is 0. The third-order valence-electron chi connectivity index (χ3n) is 3.52. The second-order valence-electron chi connectivity index (χ2n) is 5.06. The second-order valence-corrected chi connectivity index (χ2v) is 5.88. The minimum atomic E-state index is -0.181. The fraction of sp³-hybridized carbons (Fsp3) is 0.467. The van der Waals surface area contributed by atoms with E-state index in [0.29, 0.717) is 28.6 Å². The predicted molar refractivity (Wildman–Crippen MR) is 83.6 cm³/mol. The molecular weight excluding hydrogens is 311 g/mol. The van der Waals surface area contributed by atoms with Gasteiger partial charge in [0.25, 0.3) is 0 Å². The normalized spacial score (nSPS) is 14.3. The lowest BCUT2D eigenvalue weighted by Gasteiger charge is -2.15. The van der Waals surface area contributed by atoms with Gasteiger partial charge in [0.05, 0.1) is 6.42 Å². The number of carbonyl (C=O) groups is 2. The fourth-order valence-corrected chi connectivity index (χ4v) is 2.89. The molecule has 21 heavy (non-hydrogen) atoms. The zero-order valence-electron chi connectivity index (χ0n) is 11.7. The van der Waals surface area contributed by atoms with Crippen LogP contribution in [0.25, 0.3) is 0 Å². The smallest absolute Gasteiger partial charge is 0.224 e. The number of nitrogens with zero attached hydrogens (tertiary/aromatic N) is 1. The molecule has 1 aromatic carbocycles. The van der Waals surface area contributed by atoms with Crippen molar-refractivity contribution < 1.29 is 9.59 Å². The lowest BCUT2D eigenvalue weighted by Crippen LogP contribution is -2.33. The van der Waals surface area contributed by atoms with Gasteiger partial charge in [-0.3, -0.25) is 9.59 Å². The van der Waals surface area contributed by atoms with Gasteiger partial charge in [-0.25, -0.2) is 0 Å². The summed E-state index contributed by atoms with van der Waals surface area (Å²) < 4.78 is 0. The Bertz CT molecular complexity index is 508. The van der Waals surface area contributed by atoms with Crippen molar-refractivity contribution in [3.63, 3.8) is 0 Å².